The Morgan fingerprint density at radius 3 is 0.712 bits per heavy atom. The van der Waals surface area contributed by atoms with E-state index in [0.717, 1.165) is 54.2 Å². The summed E-state index contributed by atoms with van der Waals surface area (Å²) >= 11 is 0. The van der Waals surface area contributed by atoms with Gasteiger partial charge in [-0.3, -0.25) is 11.8 Å². The topological polar surface area (TPSA) is 0 Å². The molecule has 0 nitrogen and oxygen atoms in total. The summed E-state index contributed by atoms with van der Waals surface area (Å²) in [4.78, 5) is 0. The summed E-state index contributed by atoms with van der Waals surface area (Å²) in [6.45, 7) is 0. The minimum atomic E-state index is -1.14. The largest absolute Gasteiger partial charge is 1.00 e. The second kappa shape index (κ2) is 23.4. The van der Waals surface area contributed by atoms with Crippen molar-refractivity contribution in [3.8, 4) is 11.8 Å². The van der Waals surface area contributed by atoms with Gasteiger partial charge in [0.2, 0.25) is 0 Å². The molecular formula is C62H44Ag2P2+2. The van der Waals surface area contributed by atoms with Crippen molar-refractivity contribution in [2.45, 2.75) is 0 Å². The third-order valence-electron chi connectivity index (χ3n) is 11.5. The maximum Gasteiger partial charge on any atom is 1.00 e. The van der Waals surface area contributed by atoms with Crippen LogP contribution in [0.4, 0.5) is 0 Å². The van der Waals surface area contributed by atoms with Crippen LogP contribution in [0.1, 0.15) is 11.1 Å². The van der Waals surface area contributed by atoms with E-state index in [4.69, 9.17) is 12.8 Å². The fourth-order valence-electron chi connectivity index (χ4n) is 8.59. The molecule has 0 N–H and O–H groups in total. The minimum absolute atomic E-state index is 0. The molecule has 0 heterocycles. The van der Waals surface area contributed by atoms with Crippen LogP contribution >= 0.6 is 15.8 Å². The molecule has 0 atom stereocenters. The van der Waals surface area contributed by atoms with Crippen LogP contribution in [0, 0.1) is 24.7 Å². The second-order valence-corrected chi connectivity index (χ2v) is 20.3. The molecule has 66 heavy (non-hydrogen) atoms. The molecule has 0 radical (unpaired) electrons. The van der Waals surface area contributed by atoms with Crippen molar-refractivity contribution in [3.05, 3.63) is 279 Å². The number of rotatable bonds is 6. The molecule has 0 saturated heterocycles. The average molecular weight is 1070 g/mol. The van der Waals surface area contributed by atoms with Gasteiger partial charge in [0.05, 0.1) is 0 Å². The predicted octanol–water partition coefficient (Wildman–Crippen LogP) is 12.5. The number of hydrogen-bond acceptors (Lipinski definition) is 0. The first-order valence-electron chi connectivity index (χ1n) is 21.4. The molecule has 0 spiro atoms. The van der Waals surface area contributed by atoms with Gasteiger partial charge in [0, 0.05) is 0 Å². The van der Waals surface area contributed by atoms with Crippen LogP contribution < -0.4 is 31.8 Å². The van der Waals surface area contributed by atoms with Gasteiger partial charge in [-0.15, -0.1) is 11.1 Å². The van der Waals surface area contributed by atoms with Crippen LogP contribution in [0.5, 0.6) is 0 Å². The SMILES string of the molecule is [Ag+].[Ag+].[C-]#Cc1c2ccccc2cc2ccccc12.[C-]#Cc1c2ccccc2cc2ccccc12.c1ccc([PH+](c2ccccc2)c2ccccc2[PH+](c2ccccc2)c2ccccc2)cc1. The number of hydrogen-bond donors (Lipinski definition) is 0. The Kier molecular flexibility index (Phi) is 17.0. The Morgan fingerprint density at radius 1 is 0.258 bits per heavy atom. The van der Waals surface area contributed by atoms with E-state index in [0.29, 0.717) is 0 Å². The van der Waals surface area contributed by atoms with Gasteiger partial charge in [-0.2, -0.15) is 0 Å². The molecule has 0 aliphatic heterocycles. The molecule has 0 aromatic heterocycles. The fraction of sp³-hybridized carbons (Fsp3) is 0. The minimum Gasteiger partial charge on any atom is -0.366 e. The van der Waals surface area contributed by atoms with Crippen molar-refractivity contribution in [2.24, 2.45) is 0 Å². The van der Waals surface area contributed by atoms with Crippen molar-refractivity contribution in [1.29, 1.82) is 0 Å². The number of fused-ring (bicyclic) bond motifs is 4. The molecule has 322 valence electrons. The van der Waals surface area contributed by atoms with Crippen LogP contribution in [0.25, 0.3) is 43.1 Å². The van der Waals surface area contributed by atoms with Crippen molar-refractivity contribution in [3.63, 3.8) is 0 Å². The molecule has 11 aromatic rings. The van der Waals surface area contributed by atoms with Crippen LogP contribution in [0.3, 0.4) is 0 Å². The van der Waals surface area contributed by atoms with Crippen LogP contribution in [0.15, 0.2) is 255 Å². The Hall–Kier alpha value is -6.08. The maximum absolute atomic E-state index is 7.46. The van der Waals surface area contributed by atoms with Gasteiger partial charge in [-0.1, -0.05) is 204 Å². The Bertz CT molecular complexity index is 3000. The monoisotopic (exact) mass is 1060 g/mol. The summed E-state index contributed by atoms with van der Waals surface area (Å²) in [6.07, 6.45) is 14.9. The zero-order valence-corrected chi connectivity index (χ0v) is 40.8. The molecule has 0 aliphatic rings. The Balaban J connectivity index is 0.000000160. The third-order valence-corrected chi connectivity index (χ3v) is 17.4. The smallest absolute Gasteiger partial charge is 0.366 e. The first kappa shape index (κ1) is 47.9. The van der Waals surface area contributed by atoms with E-state index in [2.05, 4.69) is 194 Å². The molecular weight excluding hydrogens is 1020 g/mol. The van der Waals surface area contributed by atoms with Gasteiger partial charge in [0.1, 0.15) is 47.7 Å². The molecule has 11 rings (SSSR count). The first-order chi connectivity index (χ1) is 31.7. The van der Waals surface area contributed by atoms with Crippen LogP contribution in [0.2, 0.25) is 0 Å². The van der Waals surface area contributed by atoms with E-state index in [1.165, 1.54) is 31.8 Å². The maximum atomic E-state index is 7.46. The average Bonchev–Trinajstić information content (AvgIpc) is 3.37. The van der Waals surface area contributed by atoms with Gasteiger partial charge in [-0.05, 0) is 94.3 Å². The van der Waals surface area contributed by atoms with E-state index in [1.807, 2.05) is 72.8 Å². The van der Waals surface area contributed by atoms with Gasteiger partial charge < -0.3 is 12.8 Å². The molecule has 0 bridgehead atoms. The fourth-order valence-corrected chi connectivity index (χ4v) is 14.6. The van der Waals surface area contributed by atoms with E-state index in [9.17, 15) is 0 Å². The Labute approximate surface area is 422 Å². The second-order valence-electron chi connectivity index (χ2n) is 15.4. The van der Waals surface area contributed by atoms with E-state index in [1.54, 1.807) is 0 Å². The van der Waals surface area contributed by atoms with Gasteiger partial charge in [0.25, 0.3) is 0 Å². The molecule has 0 saturated carbocycles. The molecule has 0 amide bonds. The predicted molar refractivity (Wildman–Crippen MR) is 282 cm³/mol. The zero-order chi connectivity index (χ0) is 43.5. The van der Waals surface area contributed by atoms with Crippen molar-refractivity contribution in [2.75, 3.05) is 0 Å². The van der Waals surface area contributed by atoms with Gasteiger partial charge >= 0.3 is 44.8 Å². The zero-order valence-electron chi connectivity index (χ0n) is 35.9. The van der Waals surface area contributed by atoms with Gasteiger partial charge in [-0.25, -0.2) is 0 Å². The molecule has 0 aliphatic carbocycles. The summed E-state index contributed by atoms with van der Waals surface area (Å²) in [5.74, 6) is 5.13. The number of benzene rings is 11. The molecule has 0 fully saturated rings. The van der Waals surface area contributed by atoms with Crippen molar-refractivity contribution >= 4 is 90.8 Å². The molecule has 11 aromatic carbocycles. The Morgan fingerprint density at radius 2 is 0.470 bits per heavy atom. The van der Waals surface area contributed by atoms with Crippen molar-refractivity contribution < 1.29 is 44.8 Å². The first-order valence-corrected chi connectivity index (χ1v) is 24.4. The van der Waals surface area contributed by atoms with Crippen LogP contribution in [-0.4, -0.2) is 0 Å². The van der Waals surface area contributed by atoms with E-state index in [-0.39, 0.29) is 44.8 Å². The summed E-state index contributed by atoms with van der Waals surface area (Å²) < 4.78 is 0. The standard InChI is InChI=1S/C30H24P2.2C16H9.2Ag/c1-5-15-25(16-6-1)31(26-17-7-2-8-18-26)29-23-13-14-24-30(29)32(27-19-9-3-10-20-27)28-21-11-4-12-22-28;2*1-2-14-15-9-5-3-7-12(15)11-13-8-4-6-10-16(13)14;;/h1-24H;2*3-11H;;/q;2*-1;2*+1/p+2. The van der Waals surface area contributed by atoms with E-state index < -0.39 is 15.8 Å². The van der Waals surface area contributed by atoms with Crippen LogP contribution in [-0.2, 0) is 44.8 Å². The summed E-state index contributed by atoms with van der Waals surface area (Å²) in [5.41, 5.74) is 1.77. The van der Waals surface area contributed by atoms with Gasteiger partial charge in [0.15, 0.2) is 0 Å². The summed E-state index contributed by atoms with van der Waals surface area (Å²) in [5, 5.41) is 17.7. The summed E-state index contributed by atoms with van der Waals surface area (Å²) in [6, 6.07) is 90.3. The van der Waals surface area contributed by atoms with E-state index >= 15 is 0 Å². The normalized spacial score (nSPS) is 10.4. The third kappa shape index (κ3) is 10.6. The molecule has 4 heteroatoms. The van der Waals surface area contributed by atoms with Crippen molar-refractivity contribution in [1.82, 2.24) is 0 Å². The summed E-state index contributed by atoms with van der Waals surface area (Å²) in [7, 11) is -2.28. The molecule has 0 unspecified atom stereocenters. The quantitative estimate of drug-likeness (QED) is 0.0512.